The average molecular weight is 263 g/mol. The molecular formula is C15H25N3O. The second-order valence-corrected chi connectivity index (χ2v) is 6.02. The predicted molar refractivity (Wildman–Crippen MR) is 74.8 cm³/mol. The van der Waals surface area contributed by atoms with Gasteiger partial charge in [-0.15, -0.1) is 0 Å². The maximum Gasteiger partial charge on any atom is 0.0911 e. The Balaban J connectivity index is 1.52. The summed E-state index contributed by atoms with van der Waals surface area (Å²) in [7, 11) is 0. The summed E-state index contributed by atoms with van der Waals surface area (Å²) in [4.78, 5) is 0. The standard InChI is InChI=1S/C15H25N3O/c16-14-7-3-4-8-15(14)19-11-12-9-10-18(17-12)13-5-1-2-6-13/h9-10,13-15H,1-8,11,16H2. The highest BCUT2D eigenvalue weighted by Gasteiger charge is 2.23. The van der Waals surface area contributed by atoms with Crippen molar-refractivity contribution in [1.82, 2.24) is 9.78 Å². The van der Waals surface area contributed by atoms with Gasteiger partial charge in [-0.25, -0.2) is 0 Å². The molecule has 106 valence electrons. The Morgan fingerprint density at radius 2 is 1.89 bits per heavy atom. The fourth-order valence-electron chi connectivity index (χ4n) is 3.35. The van der Waals surface area contributed by atoms with E-state index in [0.717, 1.165) is 18.5 Å². The highest BCUT2D eigenvalue weighted by Crippen LogP contribution is 2.29. The molecule has 19 heavy (non-hydrogen) atoms. The van der Waals surface area contributed by atoms with E-state index in [-0.39, 0.29) is 12.1 Å². The Labute approximate surface area is 115 Å². The summed E-state index contributed by atoms with van der Waals surface area (Å²) in [6.07, 6.45) is 12.3. The Kier molecular flexibility index (Phi) is 4.18. The van der Waals surface area contributed by atoms with Gasteiger partial charge in [0.05, 0.1) is 24.4 Å². The van der Waals surface area contributed by atoms with Crippen LogP contribution in [0.4, 0.5) is 0 Å². The molecule has 2 unspecified atom stereocenters. The first-order valence-corrected chi connectivity index (χ1v) is 7.74. The minimum Gasteiger partial charge on any atom is -0.370 e. The van der Waals surface area contributed by atoms with E-state index in [1.807, 2.05) is 0 Å². The predicted octanol–water partition coefficient (Wildman–Crippen LogP) is 2.78. The molecule has 3 rings (SSSR count). The van der Waals surface area contributed by atoms with Crippen molar-refractivity contribution in [3.05, 3.63) is 18.0 Å². The van der Waals surface area contributed by atoms with Gasteiger partial charge in [-0.3, -0.25) is 4.68 Å². The number of ether oxygens (including phenoxy) is 1. The fraction of sp³-hybridized carbons (Fsp3) is 0.800. The lowest BCUT2D eigenvalue weighted by molar-refractivity contribution is 0.00230. The molecule has 2 fully saturated rings. The highest BCUT2D eigenvalue weighted by molar-refractivity contribution is 4.99. The van der Waals surface area contributed by atoms with Crippen LogP contribution in [0.2, 0.25) is 0 Å². The molecule has 1 aromatic heterocycles. The first-order valence-electron chi connectivity index (χ1n) is 7.74. The van der Waals surface area contributed by atoms with E-state index >= 15 is 0 Å². The third-order valence-electron chi connectivity index (χ3n) is 4.56. The normalized spacial score (nSPS) is 28.9. The van der Waals surface area contributed by atoms with Gasteiger partial charge in [0, 0.05) is 12.2 Å². The molecule has 2 aliphatic rings. The van der Waals surface area contributed by atoms with E-state index in [9.17, 15) is 0 Å². The topological polar surface area (TPSA) is 53.1 Å². The molecule has 1 aromatic rings. The largest absolute Gasteiger partial charge is 0.370 e. The van der Waals surface area contributed by atoms with E-state index in [4.69, 9.17) is 10.5 Å². The van der Waals surface area contributed by atoms with E-state index in [1.54, 1.807) is 0 Å². The van der Waals surface area contributed by atoms with Crippen LogP contribution in [-0.4, -0.2) is 21.9 Å². The first kappa shape index (κ1) is 13.1. The van der Waals surface area contributed by atoms with Crippen molar-refractivity contribution in [2.75, 3.05) is 0 Å². The summed E-state index contributed by atoms with van der Waals surface area (Å²) in [6, 6.07) is 2.92. The number of nitrogens with zero attached hydrogens (tertiary/aromatic N) is 2. The maximum atomic E-state index is 6.10. The summed E-state index contributed by atoms with van der Waals surface area (Å²) in [6.45, 7) is 0.609. The molecule has 0 spiro atoms. The number of aromatic nitrogens is 2. The van der Waals surface area contributed by atoms with Crippen LogP contribution in [0.3, 0.4) is 0 Å². The second kappa shape index (κ2) is 6.06. The lowest BCUT2D eigenvalue weighted by Gasteiger charge is -2.28. The van der Waals surface area contributed by atoms with Crippen LogP contribution < -0.4 is 5.73 Å². The third-order valence-corrected chi connectivity index (χ3v) is 4.56. The molecule has 0 bridgehead atoms. The second-order valence-electron chi connectivity index (χ2n) is 6.02. The molecule has 2 saturated carbocycles. The van der Waals surface area contributed by atoms with Crippen molar-refractivity contribution in [2.45, 2.75) is 76.2 Å². The lowest BCUT2D eigenvalue weighted by Crippen LogP contribution is -2.39. The number of hydrogen-bond acceptors (Lipinski definition) is 3. The molecule has 2 aliphatic carbocycles. The molecule has 2 N–H and O–H groups in total. The quantitative estimate of drug-likeness (QED) is 0.908. The van der Waals surface area contributed by atoms with E-state index in [2.05, 4.69) is 22.0 Å². The Bertz CT molecular complexity index is 398. The van der Waals surface area contributed by atoms with Crippen molar-refractivity contribution in [3.63, 3.8) is 0 Å². The number of hydrogen-bond donors (Lipinski definition) is 1. The zero-order chi connectivity index (χ0) is 13.1. The van der Waals surface area contributed by atoms with Crippen molar-refractivity contribution in [3.8, 4) is 0 Å². The van der Waals surface area contributed by atoms with Crippen molar-refractivity contribution in [1.29, 1.82) is 0 Å². The van der Waals surface area contributed by atoms with E-state index < -0.39 is 0 Å². The zero-order valence-corrected chi connectivity index (χ0v) is 11.6. The monoisotopic (exact) mass is 263 g/mol. The molecule has 0 aromatic carbocycles. The molecule has 2 atom stereocenters. The van der Waals surface area contributed by atoms with Crippen LogP contribution in [0, 0.1) is 0 Å². The van der Waals surface area contributed by atoms with Crippen LogP contribution in [-0.2, 0) is 11.3 Å². The van der Waals surface area contributed by atoms with Crippen molar-refractivity contribution < 1.29 is 4.74 Å². The minimum absolute atomic E-state index is 0.214. The summed E-state index contributed by atoms with van der Waals surface area (Å²) >= 11 is 0. The van der Waals surface area contributed by atoms with Gasteiger partial charge < -0.3 is 10.5 Å². The SMILES string of the molecule is NC1CCCCC1OCc1ccn(C2CCCC2)n1. The van der Waals surface area contributed by atoms with Crippen LogP contribution in [0.5, 0.6) is 0 Å². The minimum atomic E-state index is 0.214. The van der Waals surface area contributed by atoms with Gasteiger partial charge in [0.15, 0.2) is 0 Å². The average Bonchev–Trinajstić information content (AvgIpc) is 3.09. The summed E-state index contributed by atoms with van der Waals surface area (Å²) in [5, 5.41) is 4.65. The Morgan fingerprint density at radius 3 is 2.68 bits per heavy atom. The van der Waals surface area contributed by atoms with Gasteiger partial charge in [-0.1, -0.05) is 25.7 Å². The molecule has 4 heteroatoms. The maximum absolute atomic E-state index is 6.10. The van der Waals surface area contributed by atoms with Crippen molar-refractivity contribution >= 4 is 0 Å². The van der Waals surface area contributed by atoms with Crippen LogP contribution in [0.15, 0.2) is 12.3 Å². The van der Waals surface area contributed by atoms with Crippen LogP contribution in [0.25, 0.3) is 0 Å². The van der Waals surface area contributed by atoms with Crippen molar-refractivity contribution in [2.24, 2.45) is 5.73 Å². The van der Waals surface area contributed by atoms with Gasteiger partial charge >= 0.3 is 0 Å². The van der Waals surface area contributed by atoms with E-state index in [0.29, 0.717) is 12.6 Å². The number of rotatable bonds is 4. The summed E-state index contributed by atoms with van der Waals surface area (Å²) < 4.78 is 8.09. The third kappa shape index (κ3) is 3.18. The molecule has 1 heterocycles. The van der Waals surface area contributed by atoms with Gasteiger partial charge in [-0.05, 0) is 31.7 Å². The Hall–Kier alpha value is -0.870. The zero-order valence-electron chi connectivity index (χ0n) is 11.6. The van der Waals surface area contributed by atoms with Gasteiger partial charge in [0.2, 0.25) is 0 Å². The van der Waals surface area contributed by atoms with Crippen LogP contribution in [0.1, 0.15) is 63.1 Å². The van der Waals surface area contributed by atoms with Gasteiger partial charge in [-0.2, -0.15) is 5.10 Å². The molecule has 0 saturated heterocycles. The summed E-state index contributed by atoms with van der Waals surface area (Å²) in [5.74, 6) is 0. The molecule has 0 radical (unpaired) electrons. The smallest absolute Gasteiger partial charge is 0.0911 e. The molecular weight excluding hydrogens is 238 g/mol. The highest BCUT2D eigenvalue weighted by atomic mass is 16.5. The Morgan fingerprint density at radius 1 is 1.16 bits per heavy atom. The molecule has 0 amide bonds. The summed E-state index contributed by atoms with van der Waals surface area (Å²) in [5.41, 5.74) is 7.14. The van der Waals surface area contributed by atoms with E-state index in [1.165, 1.54) is 38.5 Å². The van der Waals surface area contributed by atoms with Crippen LogP contribution >= 0.6 is 0 Å². The number of nitrogens with two attached hydrogens (primary N) is 1. The first-order chi connectivity index (χ1) is 9.33. The fourth-order valence-corrected chi connectivity index (χ4v) is 3.35. The molecule has 0 aliphatic heterocycles. The van der Waals surface area contributed by atoms with Gasteiger partial charge in [0.25, 0.3) is 0 Å². The van der Waals surface area contributed by atoms with Gasteiger partial charge in [0.1, 0.15) is 0 Å². The molecule has 4 nitrogen and oxygen atoms in total. The lowest BCUT2D eigenvalue weighted by atomic mass is 9.93.